The van der Waals surface area contributed by atoms with Crippen LogP contribution in [0.25, 0.3) is 0 Å². The van der Waals surface area contributed by atoms with Gasteiger partial charge in [0.2, 0.25) is 16.8 Å². The zero-order chi connectivity index (χ0) is 22.0. The zero-order valence-corrected chi connectivity index (χ0v) is 18.1. The van der Waals surface area contributed by atoms with Crippen LogP contribution in [0.3, 0.4) is 0 Å². The summed E-state index contributed by atoms with van der Waals surface area (Å²) in [5.74, 6) is -3.77. The highest BCUT2D eigenvalue weighted by Crippen LogP contribution is 2.63. The molecule has 0 N–H and O–H groups in total. The molecule has 0 spiro atoms. The molecule has 2 aromatic carbocycles. The minimum atomic E-state index is -1.98. The second kappa shape index (κ2) is 7.06. The van der Waals surface area contributed by atoms with E-state index in [-0.39, 0.29) is 12.4 Å². The van der Waals surface area contributed by atoms with Crippen LogP contribution in [0.15, 0.2) is 53.4 Å². The third kappa shape index (κ3) is 2.41. The first-order chi connectivity index (χ1) is 14.9. The summed E-state index contributed by atoms with van der Waals surface area (Å²) < 4.78 is 35.8. The molecular weight excluding hydrogens is 420 g/mol. The van der Waals surface area contributed by atoms with Crippen molar-refractivity contribution < 1.29 is 32.7 Å². The minimum absolute atomic E-state index is 0.246. The summed E-state index contributed by atoms with van der Waals surface area (Å²) in [6.07, 6.45) is -2.17. The van der Waals surface area contributed by atoms with E-state index in [9.17, 15) is 13.8 Å². The number of esters is 1. The van der Waals surface area contributed by atoms with E-state index in [2.05, 4.69) is 0 Å². The van der Waals surface area contributed by atoms with Gasteiger partial charge in [0, 0.05) is 29.7 Å². The van der Waals surface area contributed by atoms with Crippen LogP contribution >= 0.6 is 0 Å². The summed E-state index contributed by atoms with van der Waals surface area (Å²) in [5.41, 5.74) is 1.74. The van der Waals surface area contributed by atoms with Crippen molar-refractivity contribution in [2.75, 3.05) is 13.7 Å². The number of hydrogen-bond donors (Lipinski definition) is 0. The molecule has 3 aliphatic rings. The Morgan fingerprint density at radius 3 is 2.48 bits per heavy atom. The molecule has 8 heteroatoms. The number of rotatable bonds is 5. The van der Waals surface area contributed by atoms with E-state index in [0.717, 1.165) is 5.56 Å². The van der Waals surface area contributed by atoms with Gasteiger partial charge in [-0.2, -0.15) is 0 Å². The molecule has 0 saturated carbocycles. The minimum Gasteiger partial charge on any atom is -0.434 e. The number of ether oxygens (including phenoxy) is 4. The monoisotopic (exact) mass is 442 g/mol. The lowest BCUT2D eigenvalue weighted by Crippen LogP contribution is -2.59. The Labute approximate surface area is 182 Å². The number of carbonyl (C=O) groups is 2. The third-order valence-electron chi connectivity index (χ3n) is 6.35. The fourth-order valence-electron chi connectivity index (χ4n) is 5.04. The van der Waals surface area contributed by atoms with Crippen molar-refractivity contribution in [2.45, 2.75) is 41.7 Å². The number of ketones is 1. The number of hydrogen-bond acceptors (Lipinski definition) is 7. The van der Waals surface area contributed by atoms with Crippen molar-refractivity contribution in [1.82, 2.24) is 0 Å². The lowest BCUT2D eigenvalue weighted by molar-refractivity contribution is -0.238. The maximum absolute atomic E-state index is 14.2. The number of carbonyl (C=O) groups excluding carboxylic acids is 2. The number of Topliss-reactive ketones (excluding diaryl/α,β-unsaturated/α-hetero) is 1. The van der Waals surface area contributed by atoms with E-state index in [4.69, 9.17) is 18.9 Å². The topological polar surface area (TPSA) is 88.1 Å². The quantitative estimate of drug-likeness (QED) is 0.658. The predicted molar refractivity (Wildman–Crippen MR) is 110 cm³/mol. The van der Waals surface area contributed by atoms with Crippen molar-refractivity contribution in [1.29, 1.82) is 0 Å². The van der Waals surface area contributed by atoms with Gasteiger partial charge in [0.05, 0.1) is 16.7 Å². The molecular formula is C23H22O7S. The second-order valence-corrected chi connectivity index (χ2v) is 9.49. The molecule has 3 aliphatic heterocycles. The number of fused-ring (bicyclic) bond motifs is 7. The molecule has 162 valence electrons. The Balaban J connectivity index is 1.82. The Hall–Kier alpha value is -2.39. The van der Waals surface area contributed by atoms with Crippen molar-refractivity contribution >= 4 is 22.6 Å². The molecule has 2 bridgehead atoms. The smallest absolute Gasteiger partial charge is 0.334 e. The molecule has 0 aliphatic carbocycles. The summed E-state index contributed by atoms with van der Waals surface area (Å²) in [7, 11) is -0.586. The predicted octanol–water partition coefficient (Wildman–Crippen LogP) is 2.47. The SMILES string of the molecule is CCO[C@H]1OC(=O)[C@]2([S@@](=O)c3ccc(C)cc3)[C@H]1[C@@H]1O[C@@]2(OC)c2ccccc2C1=O. The Morgan fingerprint density at radius 1 is 1.10 bits per heavy atom. The first-order valence-electron chi connectivity index (χ1n) is 10.1. The molecule has 5 rings (SSSR count). The molecule has 7 nitrogen and oxygen atoms in total. The first kappa shape index (κ1) is 20.5. The van der Waals surface area contributed by atoms with Crippen LogP contribution < -0.4 is 0 Å². The summed E-state index contributed by atoms with van der Waals surface area (Å²) in [5, 5.41) is 0. The molecule has 2 saturated heterocycles. The fourth-order valence-corrected chi connectivity index (χ4v) is 6.96. The van der Waals surface area contributed by atoms with Gasteiger partial charge < -0.3 is 18.9 Å². The van der Waals surface area contributed by atoms with E-state index < -0.39 is 45.6 Å². The van der Waals surface area contributed by atoms with Gasteiger partial charge in [0.15, 0.2) is 5.78 Å². The number of aryl methyl sites for hydroxylation is 1. The van der Waals surface area contributed by atoms with Crippen LogP contribution in [0.1, 0.15) is 28.4 Å². The molecule has 3 heterocycles. The highest BCUT2D eigenvalue weighted by molar-refractivity contribution is 7.87. The van der Waals surface area contributed by atoms with E-state index in [1.807, 2.05) is 19.1 Å². The molecule has 2 fully saturated rings. The molecule has 6 atom stereocenters. The molecule has 0 unspecified atom stereocenters. The molecule has 0 amide bonds. The average Bonchev–Trinajstić information content (AvgIpc) is 3.23. The first-order valence-corrected chi connectivity index (χ1v) is 11.2. The summed E-state index contributed by atoms with van der Waals surface area (Å²) in [6, 6.07) is 13.9. The van der Waals surface area contributed by atoms with Crippen LogP contribution in [-0.2, 0) is 40.3 Å². The largest absolute Gasteiger partial charge is 0.434 e. The van der Waals surface area contributed by atoms with Crippen LogP contribution in [0, 0.1) is 12.8 Å². The molecule has 0 radical (unpaired) electrons. The third-order valence-corrected chi connectivity index (χ3v) is 8.34. The van der Waals surface area contributed by atoms with Gasteiger partial charge in [-0.3, -0.25) is 13.8 Å². The van der Waals surface area contributed by atoms with Crippen molar-refractivity contribution in [3.63, 3.8) is 0 Å². The Bertz CT molecular complexity index is 1100. The molecule has 2 aromatic rings. The summed E-state index contributed by atoms with van der Waals surface area (Å²) in [4.78, 5) is 27.4. The standard InChI is InChI=1S/C23H22O7S/c1-4-28-20-17-19-18(24)15-7-5-6-8-16(15)23(27-3,30-19)22(17,21(25)29-20)31(26)14-11-9-13(2)10-12-14/h5-12,17,19-20H,4H2,1-3H3/t17-,19-,20-,22+,23-,31-/m0/s1. The summed E-state index contributed by atoms with van der Waals surface area (Å²) in [6.45, 7) is 3.92. The van der Waals surface area contributed by atoms with Crippen LogP contribution in [0.4, 0.5) is 0 Å². The van der Waals surface area contributed by atoms with Gasteiger partial charge in [-0.1, -0.05) is 42.0 Å². The van der Waals surface area contributed by atoms with Crippen LogP contribution in [-0.4, -0.2) is 46.8 Å². The van der Waals surface area contributed by atoms with Crippen molar-refractivity contribution in [3.8, 4) is 0 Å². The van der Waals surface area contributed by atoms with Gasteiger partial charge in [0.25, 0.3) is 0 Å². The molecule has 31 heavy (non-hydrogen) atoms. The second-order valence-electron chi connectivity index (χ2n) is 7.84. The van der Waals surface area contributed by atoms with Gasteiger partial charge in [0.1, 0.15) is 6.10 Å². The maximum atomic E-state index is 14.2. The van der Waals surface area contributed by atoms with E-state index >= 15 is 0 Å². The van der Waals surface area contributed by atoms with E-state index in [0.29, 0.717) is 16.0 Å². The zero-order valence-electron chi connectivity index (χ0n) is 17.3. The lowest BCUT2D eigenvalue weighted by atomic mass is 9.84. The van der Waals surface area contributed by atoms with Gasteiger partial charge in [-0.15, -0.1) is 0 Å². The number of methoxy groups -OCH3 is 1. The highest BCUT2D eigenvalue weighted by atomic mass is 32.2. The summed E-state index contributed by atoms with van der Waals surface area (Å²) >= 11 is 0. The lowest BCUT2D eigenvalue weighted by Gasteiger charge is -2.40. The van der Waals surface area contributed by atoms with Crippen molar-refractivity contribution in [2.24, 2.45) is 5.92 Å². The average molecular weight is 442 g/mol. The number of benzene rings is 2. The highest BCUT2D eigenvalue weighted by Gasteiger charge is 2.84. The van der Waals surface area contributed by atoms with Crippen LogP contribution in [0.2, 0.25) is 0 Å². The van der Waals surface area contributed by atoms with Crippen LogP contribution in [0.5, 0.6) is 0 Å². The Morgan fingerprint density at radius 2 is 1.81 bits per heavy atom. The van der Waals surface area contributed by atoms with Gasteiger partial charge in [-0.05, 0) is 26.0 Å². The fraction of sp³-hybridized carbons (Fsp3) is 0.391. The number of cyclic esters (lactones) is 1. The molecule has 0 aromatic heterocycles. The van der Waals surface area contributed by atoms with Crippen molar-refractivity contribution in [3.05, 3.63) is 65.2 Å². The Kier molecular flexibility index (Phi) is 4.67. The maximum Gasteiger partial charge on any atom is 0.334 e. The van der Waals surface area contributed by atoms with Gasteiger partial charge >= 0.3 is 5.97 Å². The van der Waals surface area contributed by atoms with E-state index in [1.54, 1.807) is 43.3 Å². The van der Waals surface area contributed by atoms with E-state index in [1.165, 1.54) is 7.11 Å². The normalized spacial score (nSPS) is 34.2. The van der Waals surface area contributed by atoms with Gasteiger partial charge in [-0.25, -0.2) is 0 Å².